The molecule has 0 bridgehead atoms. The predicted molar refractivity (Wildman–Crippen MR) is 249 cm³/mol. The molecule has 63 heavy (non-hydrogen) atoms. The first-order valence-corrected chi connectivity index (χ1v) is 19.6. The van der Waals surface area contributed by atoms with Gasteiger partial charge in [-0.2, -0.15) is 0 Å². The van der Waals surface area contributed by atoms with Gasteiger partial charge in [-0.15, -0.1) is 24.8 Å². The largest absolute Gasteiger partial charge is 0.443 e. The van der Waals surface area contributed by atoms with Crippen molar-refractivity contribution in [2.75, 3.05) is 111 Å². The lowest BCUT2D eigenvalue weighted by molar-refractivity contribution is -0.132. The molecule has 3 amide bonds. The van der Waals surface area contributed by atoms with Crippen molar-refractivity contribution in [2.24, 2.45) is 11.5 Å². The van der Waals surface area contributed by atoms with Crippen LogP contribution in [0, 0.1) is 11.6 Å². The van der Waals surface area contributed by atoms with Crippen LogP contribution in [0.2, 0.25) is 0 Å². The Balaban J connectivity index is 0.00000111. The van der Waals surface area contributed by atoms with Crippen molar-refractivity contribution in [3.8, 4) is 0 Å². The van der Waals surface area contributed by atoms with Crippen molar-refractivity contribution >= 4 is 72.4 Å². The third-order valence-corrected chi connectivity index (χ3v) is 9.76. The summed E-state index contributed by atoms with van der Waals surface area (Å²) in [6.45, 7) is 11.3. The van der Waals surface area contributed by atoms with Gasteiger partial charge in [0.15, 0.2) is 0 Å². The molecule has 2 atom stereocenters. The second-order valence-corrected chi connectivity index (χ2v) is 13.7. The fraction of sp³-hybridized carbons (Fsp3) is 0.488. The van der Waals surface area contributed by atoms with Gasteiger partial charge in [-0.3, -0.25) is 14.6 Å². The molecule has 3 aromatic carbocycles. The fourth-order valence-corrected chi connectivity index (χ4v) is 6.73. The number of anilines is 4. The highest BCUT2D eigenvalue weighted by molar-refractivity contribution is 5.91. The summed E-state index contributed by atoms with van der Waals surface area (Å²) >= 11 is 0. The van der Waals surface area contributed by atoms with Crippen LogP contribution in [0.5, 0.6) is 0 Å². The summed E-state index contributed by atoms with van der Waals surface area (Å²) in [6, 6.07) is 19.4. The lowest BCUT2D eigenvalue weighted by atomic mass is 10.2. The number of aliphatic hydroxyl groups is 1. The van der Waals surface area contributed by atoms with Crippen molar-refractivity contribution in [3.05, 3.63) is 83.9 Å². The average Bonchev–Trinajstić information content (AvgIpc) is 3.85. The molecule has 354 valence electrons. The number of nitrogens with zero attached hydrogens (tertiary/aromatic N) is 5. The minimum atomic E-state index is -0.516. The lowest BCUT2D eigenvalue weighted by Crippen LogP contribution is -2.49. The van der Waals surface area contributed by atoms with E-state index >= 15 is 0 Å². The van der Waals surface area contributed by atoms with Crippen molar-refractivity contribution in [1.29, 1.82) is 0 Å². The number of cyclic esters (lactones) is 2. The Bertz CT molecular complexity index is 1800. The van der Waals surface area contributed by atoms with Crippen LogP contribution in [0.3, 0.4) is 0 Å². The van der Waals surface area contributed by atoms with E-state index < -0.39 is 18.0 Å². The Morgan fingerprint density at radius 1 is 0.778 bits per heavy atom. The Labute approximate surface area is 382 Å². The third kappa shape index (κ3) is 16.7. The summed E-state index contributed by atoms with van der Waals surface area (Å²) in [5.41, 5.74) is 14.1. The van der Waals surface area contributed by atoms with Gasteiger partial charge in [-0.05, 0) is 48.9 Å². The molecule has 0 unspecified atom stereocenters. The van der Waals surface area contributed by atoms with E-state index in [2.05, 4.69) is 5.32 Å². The number of hydrogen-bond donors (Lipinski definition) is 4. The van der Waals surface area contributed by atoms with E-state index in [9.17, 15) is 23.2 Å². The number of carbonyl (C=O) groups excluding carboxylic acids is 4. The molecular formula is C43H66Cl2F2N8O8. The number of nitrogens with two attached hydrogens (primary N) is 2. The maximum atomic E-state index is 14.9. The summed E-state index contributed by atoms with van der Waals surface area (Å²) < 4.78 is 45.0. The average molecular weight is 932 g/mol. The van der Waals surface area contributed by atoms with Gasteiger partial charge in [0.1, 0.15) is 30.6 Å². The van der Waals surface area contributed by atoms with Crippen LogP contribution in [0.25, 0.3) is 0 Å². The smallest absolute Gasteiger partial charge is 0.414 e. The SMILES string of the molecule is C.C.C=O.CCO.Cl.Cl.NC[C@H]1CN(c2ccc(N3CCN(C(=O)CCOCc4ccccc4)CC3)c(F)c2)C(=O)O1.NC[C@H]1CN(c2ccc(N3CCNCC3)c(F)c2)C(=O)O1. The minimum absolute atomic E-state index is 0. The standard InChI is InChI=1S/C24H29FN4O4.C14H19FN4O2.C2H6O.CH2O.2CH4.2ClH/c25-21-14-19(29-16-20(15-26)33-24(29)31)6-7-22(21)27-9-11-28(12-10-27)23(30)8-13-32-17-18-4-2-1-3-5-18;15-12-7-10(19-9-11(8-16)21-14(19)20)1-2-13(12)18-5-3-17-4-6-18;1-2-3;1-2;;;;/h1-7,14,20H,8-13,15-17,26H2;1-2,7,11,17H,3-6,8-9,16H2;3H,2H2,1H3;1H2;2*1H4;2*1H/t20-;11-;;;;;;/m00....../s1. The van der Waals surface area contributed by atoms with E-state index in [0.717, 1.165) is 31.7 Å². The van der Waals surface area contributed by atoms with Crippen molar-refractivity contribution < 1.29 is 47.3 Å². The molecule has 4 aliphatic heterocycles. The van der Waals surface area contributed by atoms with Gasteiger partial charge in [0, 0.05) is 72.1 Å². The molecule has 0 radical (unpaired) electrons. The highest BCUT2D eigenvalue weighted by atomic mass is 35.5. The molecule has 4 aliphatic rings. The van der Waals surface area contributed by atoms with E-state index in [-0.39, 0.29) is 83.3 Å². The van der Waals surface area contributed by atoms with Gasteiger partial charge in [-0.1, -0.05) is 45.2 Å². The molecule has 16 nitrogen and oxygen atoms in total. The Kier molecular flexibility index (Phi) is 28.0. The molecule has 0 aromatic heterocycles. The molecule has 4 saturated heterocycles. The van der Waals surface area contributed by atoms with E-state index in [1.165, 1.54) is 21.9 Å². The summed E-state index contributed by atoms with van der Waals surface area (Å²) in [7, 11) is 0. The van der Waals surface area contributed by atoms with Gasteiger partial charge >= 0.3 is 12.2 Å². The van der Waals surface area contributed by atoms with Crippen LogP contribution in [0.15, 0.2) is 66.7 Å². The van der Waals surface area contributed by atoms with E-state index in [1.54, 1.807) is 36.1 Å². The molecule has 0 spiro atoms. The zero-order chi connectivity index (χ0) is 42.7. The summed E-state index contributed by atoms with van der Waals surface area (Å²) in [4.78, 5) is 52.7. The van der Waals surface area contributed by atoms with Crippen LogP contribution in [-0.4, -0.2) is 139 Å². The van der Waals surface area contributed by atoms with E-state index in [1.807, 2.05) is 46.9 Å². The molecule has 20 heteroatoms. The van der Waals surface area contributed by atoms with Crippen LogP contribution >= 0.6 is 24.8 Å². The second kappa shape index (κ2) is 30.3. The molecule has 7 rings (SSSR count). The highest BCUT2D eigenvalue weighted by Crippen LogP contribution is 2.30. The predicted octanol–water partition coefficient (Wildman–Crippen LogP) is 4.81. The molecule has 0 saturated carbocycles. The number of amides is 3. The third-order valence-electron chi connectivity index (χ3n) is 9.76. The van der Waals surface area contributed by atoms with Crippen LogP contribution < -0.4 is 36.4 Å². The van der Waals surface area contributed by atoms with Crippen molar-refractivity contribution in [1.82, 2.24) is 10.2 Å². The molecule has 6 N–H and O–H groups in total. The first kappa shape index (κ1) is 58.2. The maximum absolute atomic E-state index is 14.9. The lowest BCUT2D eigenvalue weighted by Gasteiger charge is -2.36. The van der Waals surface area contributed by atoms with Gasteiger partial charge < -0.3 is 55.6 Å². The van der Waals surface area contributed by atoms with E-state index in [0.29, 0.717) is 81.7 Å². The molecule has 4 fully saturated rings. The quantitative estimate of drug-likeness (QED) is 0.192. The number of nitrogens with one attached hydrogen (secondary N) is 1. The van der Waals surface area contributed by atoms with E-state index in [4.69, 9.17) is 35.6 Å². The fourth-order valence-electron chi connectivity index (χ4n) is 6.73. The topological polar surface area (TPSA) is 196 Å². The minimum Gasteiger partial charge on any atom is -0.443 e. The number of carbonyl (C=O) groups is 4. The molecule has 4 heterocycles. The summed E-state index contributed by atoms with van der Waals surface area (Å²) in [5.74, 6) is -0.690. The number of benzene rings is 3. The zero-order valence-corrected chi connectivity index (χ0v) is 35.9. The van der Waals surface area contributed by atoms with Gasteiger partial charge in [0.25, 0.3) is 0 Å². The normalized spacial score (nSPS) is 17.6. The van der Waals surface area contributed by atoms with Gasteiger partial charge in [0.05, 0.1) is 55.5 Å². The number of aliphatic hydroxyl groups excluding tert-OH is 1. The summed E-state index contributed by atoms with van der Waals surface area (Å²) in [5, 5.41) is 10.8. The van der Waals surface area contributed by atoms with Gasteiger partial charge in [-0.25, -0.2) is 18.4 Å². The first-order chi connectivity index (χ1) is 28.6. The van der Waals surface area contributed by atoms with Gasteiger partial charge in [0.2, 0.25) is 5.91 Å². The Morgan fingerprint density at radius 2 is 1.22 bits per heavy atom. The van der Waals surface area contributed by atoms with Crippen LogP contribution in [0.4, 0.5) is 41.1 Å². The van der Waals surface area contributed by atoms with Crippen LogP contribution in [-0.2, 0) is 30.4 Å². The first-order valence-electron chi connectivity index (χ1n) is 19.6. The number of hydrogen-bond acceptors (Lipinski definition) is 13. The number of ether oxygens (including phenoxy) is 3. The Morgan fingerprint density at radius 3 is 1.63 bits per heavy atom. The number of rotatable bonds is 11. The number of piperazine rings is 2. The molecule has 3 aromatic rings. The van der Waals surface area contributed by atoms with Crippen molar-refractivity contribution in [3.63, 3.8) is 0 Å². The monoisotopic (exact) mass is 930 g/mol. The van der Waals surface area contributed by atoms with Crippen molar-refractivity contribution in [2.45, 2.75) is 47.0 Å². The maximum Gasteiger partial charge on any atom is 0.414 e. The summed E-state index contributed by atoms with van der Waals surface area (Å²) in [6.07, 6.45) is -1.37. The van der Waals surface area contributed by atoms with Crippen LogP contribution in [0.1, 0.15) is 33.8 Å². The zero-order valence-electron chi connectivity index (χ0n) is 34.3. The molecule has 0 aliphatic carbocycles. The number of halogens is 4. The molecular weight excluding hydrogens is 865 g/mol. The second-order valence-electron chi connectivity index (χ2n) is 13.7. The highest BCUT2D eigenvalue weighted by Gasteiger charge is 2.33. The Hall–Kier alpha value is -4.82.